The van der Waals surface area contributed by atoms with Gasteiger partial charge in [0.1, 0.15) is 12.2 Å². The van der Waals surface area contributed by atoms with Crippen LogP contribution in [0.3, 0.4) is 0 Å². The lowest BCUT2D eigenvalue weighted by molar-refractivity contribution is -0.358. The zero-order valence-corrected chi connectivity index (χ0v) is 53.6. The summed E-state index contributed by atoms with van der Waals surface area (Å²) in [6.07, 6.45) is 6.84. The van der Waals surface area contributed by atoms with E-state index in [1.807, 2.05) is 39.0 Å². The first-order valence-corrected chi connectivity index (χ1v) is 34.3. The SMILES string of the molecule is C=CCCC/C=C/C(C)(C)[C@]1(O)O[C@@H](C[C@@H](OC(=O)C[C@H](C[C@@H]2C[C@H](OC(C)=O)C(C)(C)[C@@](C[C@@H]3C/C(=C/C(=O)OC)C[C@H](C=C)O3)(OC)O2)O[Si](CC)(CC)CC)[C@@H](C)O[Si](CC)(CC)CC)C/C(=C\C(=O)OC)[C@@H]1OC(C)=O. The van der Waals surface area contributed by atoms with Crippen LogP contribution in [0.5, 0.6) is 0 Å². The second-order valence-corrected chi connectivity index (χ2v) is 32.6. The minimum Gasteiger partial charge on any atom is -0.466 e. The molecule has 3 saturated heterocycles. The van der Waals surface area contributed by atoms with Gasteiger partial charge in [0, 0.05) is 57.8 Å². The molecule has 3 rings (SSSR count). The summed E-state index contributed by atoms with van der Waals surface area (Å²) in [6, 6.07) is 4.84. The molecule has 0 unspecified atom stereocenters. The second-order valence-electron chi connectivity index (χ2n) is 23.2. The largest absolute Gasteiger partial charge is 0.466 e. The summed E-state index contributed by atoms with van der Waals surface area (Å²) in [5.74, 6) is -6.52. The molecule has 456 valence electrons. The highest BCUT2D eigenvalue weighted by Crippen LogP contribution is 2.52. The van der Waals surface area contributed by atoms with E-state index in [0.29, 0.717) is 19.3 Å². The number of esters is 5. The molecule has 0 aliphatic carbocycles. The first-order chi connectivity index (χ1) is 37.6. The minimum atomic E-state index is -2.47. The molecule has 0 radical (unpaired) electrons. The van der Waals surface area contributed by atoms with Crippen molar-refractivity contribution in [2.75, 3.05) is 21.3 Å². The lowest BCUT2D eigenvalue weighted by atomic mass is 9.70. The fourth-order valence-corrected chi connectivity index (χ4v) is 17.6. The smallest absolute Gasteiger partial charge is 0.330 e. The van der Waals surface area contributed by atoms with E-state index in [2.05, 4.69) is 54.7 Å². The monoisotopic (exact) mass is 1160 g/mol. The van der Waals surface area contributed by atoms with E-state index in [-0.39, 0.29) is 44.1 Å². The van der Waals surface area contributed by atoms with Gasteiger partial charge in [-0.1, -0.05) is 99.1 Å². The molecule has 80 heavy (non-hydrogen) atoms. The molecule has 0 aromatic carbocycles. The van der Waals surface area contributed by atoms with E-state index in [9.17, 15) is 24.3 Å². The quantitative estimate of drug-likeness (QED) is 0.0166. The van der Waals surface area contributed by atoms with Crippen LogP contribution < -0.4 is 0 Å². The third-order valence-corrected chi connectivity index (χ3v) is 26.8. The fourth-order valence-electron chi connectivity index (χ4n) is 11.8. The molecule has 3 heterocycles. The van der Waals surface area contributed by atoms with Crippen molar-refractivity contribution in [3.8, 4) is 0 Å². The fraction of sp³-hybridized carbons (Fsp3) is 0.754. The normalized spacial score (nSPS) is 27.7. The van der Waals surface area contributed by atoms with E-state index in [1.54, 1.807) is 27.0 Å². The van der Waals surface area contributed by atoms with Gasteiger partial charge in [-0.05, 0) is 93.7 Å². The van der Waals surface area contributed by atoms with Gasteiger partial charge in [0.05, 0.1) is 62.7 Å². The van der Waals surface area contributed by atoms with Crippen molar-refractivity contribution in [2.45, 2.75) is 263 Å². The van der Waals surface area contributed by atoms with Gasteiger partial charge in [0.25, 0.3) is 0 Å². The van der Waals surface area contributed by atoms with Gasteiger partial charge in [-0.2, -0.15) is 0 Å². The minimum absolute atomic E-state index is 0.0135. The lowest BCUT2D eigenvalue weighted by Gasteiger charge is -2.55. The highest BCUT2D eigenvalue weighted by Gasteiger charge is 2.60. The maximum absolute atomic E-state index is 15.1. The number of unbranched alkanes of at least 4 members (excludes halogenated alkanes) is 2. The Morgan fingerprint density at radius 3 is 1.90 bits per heavy atom. The van der Waals surface area contributed by atoms with Crippen LogP contribution in [0.1, 0.15) is 161 Å². The average molecular weight is 1160 g/mol. The van der Waals surface area contributed by atoms with Crippen molar-refractivity contribution >= 4 is 46.5 Å². The summed E-state index contributed by atoms with van der Waals surface area (Å²) in [7, 11) is -0.684. The highest BCUT2D eigenvalue weighted by atomic mass is 28.4. The molecule has 3 fully saturated rings. The second kappa shape index (κ2) is 31.7. The van der Waals surface area contributed by atoms with E-state index in [1.165, 1.54) is 40.2 Å². The third kappa shape index (κ3) is 18.6. The Morgan fingerprint density at radius 2 is 1.36 bits per heavy atom. The third-order valence-electron chi connectivity index (χ3n) is 17.3. The number of carbonyl (C=O) groups is 5. The van der Waals surface area contributed by atoms with Gasteiger partial charge in [-0.15, -0.1) is 13.2 Å². The predicted octanol–water partition coefficient (Wildman–Crippen LogP) is 11.6. The van der Waals surface area contributed by atoms with Crippen LogP contribution in [0.2, 0.25) is 36.3 Å². The van der Waals surface area contributed by atoms with Crippen molar-refractivity contribution in [3.63, 3.8) is 0 Å². The maximum atomic E-state index is 15.1. The summed E-state index contributed by atoms with van der Waals surface area (Å²) in [4.78, 5) is 66.3. The van der Waals surface area contributed by atoms with Crippen LogP contribution in [0.25, 0.3) is 0 Å². The molecule has 17 nitrogen and oxygen atoms in total. The Balaban J connectivity index is 2.19. The van der Waals surface area contributed by atoms with E-state index in [0.717, 1.165) is 54.7 Å². The van der Waals surface area contributed by atoms with Crippen LogP contribution in [0.15, 0.2) is 60.8 Å². The van der Waals surface area contributed by atoms with Gasteiger partial charge < -0.3 is 56.6 Å². The van der Waals surface area contributed by atoms with Gasteiger partial charge in [0.15, 0.2) is 28.5 Å². The van der Waals surface area contributed by atoms with Crippen LogP contribution in [-0.4, -0.2) is 139 Å². The molecular weight excluding hydrogens is 1060 g/mol. The van der Waals surface area contributed by atoms with Crippen molar-refractivity contribution < 1.29 is 80.6 Å². The Labute approximate surface area is 481 Å². The number of allylic oxidation sites excluding steroid dienone is 2. The van der Waals surface area contributed by atoms with Gasteiger partial charge in [0.2, 0.25) is 5.79 Å². The molecule has 19 heteroatoms. The Hall–Kier alpha value is -3.80. The number of hydrogen-bond donors (Lipinski definition) is 1. The summed E-state index contributed by atoms with van der Waals surface area (Å²) in [5.41, 5.74) is -1.04. The summed E-state index contributed by atoms with van der Waals surface area (Å²) in [6.45, 7) is 32.4. The number of methoxy groups -OCH3 is 3. The molecule has 0 amide bonds. The number of aliphatic hydroxyl groups is 1. The van der Waals surface area contributed by atoms with E-state index in [4.69, 9.17) is 51.5 Å². The average Bonchev–Trinajstić information content (AvgIpc) is 3.41. The molecular formula is C61H102O17Si2. The Morgan fingerprint density at radius 1 is 0.775 bits per heavy atom. The summed E-state index contributed by atoms with van der Waals surface area (Å²) in [5, 5.41) is 13.0. The predicted molar refractivity (Wildman–Crippen MR) is 312 cm³/mol. The number of hydrogen-bond acceptors (Lipinski definition) is 17. The van der Waals surface area contributed by atoms with Gasteiger partial charge >= 0.3 is 29.8 Å². The molecule has 0 saturated carbocycles. The molecule has 1 N–H and O–H groups in total. The van der Waals surface area contributed by atoms with Crippen molar-refractivity contribution in [1.29, 1.82) is 0 Å². The van der Waals surface area contributed by atoms with E-state index < -0.39 is 124 Å². The van der Waals surface area contributed by atoms with E-state index >= 15 is 4.79 Å². The Bertz CT molecular complexity index is 2130. The first kappa shape index (κ1) is 70.5. The highest BCUT2D eigenvalue weighted by molar-refractivity contribution is 6.74. The van der Waals surface area contributed by atoms with Gasteiger partial charge in [-0.25, -0.2) is 9.59 Å². The maximum Gasteiger partial charge on any atom is 0.330 e. The van der Waals surface area contributed by atoms with Crippen LogP contribution in [-0.2, 0) is 75.5 Å². The zero-order chi connectivity index (χ0) is 60.3. The van der Waals surface area contributed by atoms with Crippen molar-refractivity contribution in [3.05, 3.63) is 60.8 Å². The number of rotatable bonds is 32. The molecule has 0 aromatic heterocycles. The molecule has 3 aliphatic heterocycles. The standard InChI is InChI=1S/C61H102O17Si2/c1-19-27-28-29-30-31-58(12,13)61(67)57(72-44(11)63)46(36-55(65)69-17)35-48(76-61)38-52(42(9)77-79(21-3,22-4)23-5)74-56(66)40-50(78-80(24-6,25-7)26-8)37-49-39-53(71-43(10)62)59(14,15)60(70-18,75-49)41-51-33-45(34-54(64)68-16)32-47(20-2)73-51/h19-20,30-31,34,36,42,47-53,57,67H,1-2,21-29,32-33,35,37-41H2,3-18H3/b31-30+,45-34+,46-36+/t42-,47+,48-,49-,50+,51+,52-,53+,57+,60+,61-/m1/s1. The Kier molecular flexibility index (Phi) is 28.0. The summed E-state index contributed by atoms with van der Waals surface area (Å²) >= 11 is 0. The van der Waals surface area contributed by atoms with Crippen LogP contribution in [0.4, 0.5) is 0 Å². The van der Waals surface area contributed by atoms with Gasteiger partial charge in [-0.3, -0.25) is 14.4 Å². The van der Waals surface area contributed by atoms with Crippen LogP contribution >= 0.6 is 0 Å². The molecule has 0 bridgehead atoms. The topological polar surface area (TPSA) is 207 Å². The number of ether oxygens (including phenoxy) is 9. The lowest BCUT2D eigenvalue weighted by Crippen LogP contribution is -2.63. The van der Waals surface area contributed by atoms with Crippen LogP contribution in [0, 0.1) is 10.8 Å². The first-order valence-electron chi connectivity index (χ1n) is 29.3. The molecule has 3 aliphatic rings. The number of carbonyl (C=O) groups excluding carboxylic acids is 5. The van der Waals surface area contributed by atoms with Crippen molar-refractivity contribution in [1.82, 2.24) is 0 Å². The zero-order valence-electron chi connectivity index (χ0n) is 51.6. The molecule has 0 spiro atoms. The van der Waals surface area contributed by atoms with Crippen molar-refractivity contribution in [2.24, 2.45) is 10.8 Å². The summed E-state index contributed by atoms with van der Waals surface area (Å²) < 4.78 is 70.0. The molecule has 0 aromatic rings. The molecule has 11 atom stereocenters.